The van der Waals surface area contributed by atoms with Crippen molar-refractivity contribution in [1.82, 2.24) is 4.57 Å². The van der Waals surface area contributed by atoms with Gasteiger partial charge in [0.15, 0.2) is 0 Å². The smallest absolute Gasteiger partial charge is 0.434 e. The minimum atomic E-state index is -0.343. The molecule has 3 aromatic heterocycles. The van der Waals surface area contributed by atoms with Gasteiger partial charge in [-0.25, -0.2) is 0 Å². The van der Waals surface area contributed by atoms with Gasteiger partial charge in [0.2, 0.25) is 0 Å². The van der Waals surface area contributed by atoms with E-state index in [9.17, 15) is 0 Å². The molecule has 0 unspecified atom stereocenters. The highest BCUT2D eigenvalue weighted by Crippen LogP contribution is 2.47. The summed E-state index contributed by atoms with van der Waals surface area (Å²) < 4.78 is 29.5. The van der Waals surface area contributed by atoms with E-state index in [1.807, 2.05) is 24.3 Å². The molecule has 6 heteroatoms. The molecule has 5 heterocycles. The molecule has 0 fully saturated rings. The van der Waals surface area contributed by atoms with E-state index in [2.05, 4.69) is 162 Å². The van der Waals surface area contributed by atoms with Crippen molar-refractivity contribution in [2.24, 2.45) is 0 Å². The van der Waals surface area contributed by atoms with E-state index in [0.717, 1.165) is 111 Å². The molecule has 14 rings (SSSR count). The van der Waals surface area contributed by atoms with Crippen molar-refractivity contribution in [2.75, 3.05) is 0 Å². The number of hydrogen-bond donors (Lipinski definition) is 0. The lowest BCUT2D eigenvalue weighted by Gasteiger charge is -2.33. The molecule has 12 aromatic rings. The Kier molecular flexibility index (Phi) is 6.31. The highest BCUT2D eigenvalue weighted by Gasteiger charge is 2.41. The van der Waals surface area contributed by atoms with Gasteiger partial charge in [-0.2, -0.15) is 0 Å². The summed E-state index contributed by atoms with van der Waals surface area (Å²) in [6, 6.07) is 64.0. The second kappa shape index (κ2) is 11.8. The van der Waals surface area contributed by atoms with Crippen LogP contribution in [0.2, 0.25) is 0 Å². The number of rotatable bonds is 3. The summed E-state index contributed by atoms with van der Waals surface area (Å²) in [4.78, 5) is 0. The molecule has 0 aliphatic carbocycles. The first-order chi connectivity index (χ1) is 29.7. The summed E-state index contributed by atoms with van der Waals surface area (Å²) in [7, 11) is 0. The van der Waals surface area contributed by atoms with E-state index in [-0.39, 0.29) is 6.92 Å². The van der Waals surface area contributed by atoms with Crippen molar-refractivity contribution in [2.45, 2.75) is 0 Å². The number of nitrogens with zero attached hydrogens (tertiary/aromatic N) is 1. The minimum Gasteiger partial charge on any atom is -0.551 e. The van der Waals surface area contributed by atoms with Crippen LogP contribution in [-0.4, -0.2) is 11.5 Å². The Labute approximate surface area is 343 Å². The summed E-state index contributed by atoms with van der Waals surface area (Å²) in [6.07, 6.45) is 0. The van der Waals surface area contributed by atoms with Gasteiger partial charge in [0, 0.05) is 49.0 Å². The predicted octanol–water partition coefficient (Wildman–Crippen LogP) is 13.2. The molecule has 9 aromatic carbocycles. The topological polar surface area (TPSA) is 49.7 Å². The third-order valence-electron chi connectivity index (χ3n) is 12.7. The normalized spacial score (nSPS) is 12.9. The molecular weight excluding hydrogens is 737 g/mol. The first-order valence-corrected chi connectivity index (χ1v) is 20.3. The second-order valence-electron chi connectivity index (χ2n) is 15.9. The number of ether oxygens (including phenoxy) is 1. The molecule has 0 amide bonds. The third kappa shape index (κ3) is 4.31. The van der Waals surface area contributed by atoms with Crippen LogP contribution in [0.15, 0.2) is 191 Å². The fraction of sp³-hybridized carbons (Fsp3) is 0. The van der Waals surface area contributed by atoms with Crippen LogP contribution in [0.5, 0.6) is 17.2 Å². The van der Waals surface area contributed by atoms with Crippen LogP contribution < -0.4 is 20.3 Å². The first-order valence-electron chi connectivity index (χ1n) is 20.3. The molecule has 2 aliphatic rings. The average Bonchev–Trinajstić information content (AvgIpc) is 3.98. The maximum atomic E-state index is 7.10. The number of furan rings is 2. The van der Waals surface area contributed by atoms with Gasteiger partial charge in [0.25, 0.3) is 0 Å². The molecule has 0 spiro atoms. The van der Waals surface area contributed by atoms with Gasteiger partial charge in [-0.15, -0.1) is 0 Å². The van der Waals surface area contributed by atoms with Gasteiger partial charge < -0.3 is 22.8 Å². The third-order valence-corrected chi connectivity index (χ3v) is 12.7. The van der Waals surface area contributed by atoms with Crippen molar-refractivity contribution in [3.05, 3.63) is 182 Å². The standard InChI is InChI=1S/C54H30BNO4/c1-6-18-42(56-43-19-7-2-13-35(43)36-14-3-8-20-44(36)56)33(12-1)31-24-26-41-49(29-31)58-50-30-32(28-40-38-16-5-10-22-46(38)60-55(41)53(40)50)34-17-11-23-47-51(34)52-48(57-47)27-25-39-37-15-4-9-21-45(37)59-54(39)52/h1-30H. The van der Waals surface area contributed by atoms with E-state index >= 15 is 0 Å². The maximum absolute atomic E-state index is 7.10. The van der Waals surface area contributed by atoms with Crippen LogP contribution in [-0.2, 0) is 0 Å². The Bertz CT molecular complexity index is 3760. The van der Waals surface area contributed by atoms with Gasteiger partial charge in [-0.05, 0) is 89.0 Å². The lowest BCUT2D eigenvalue weighted by molar-refractivity contribution is 0.480. The largest absolute Gasteiger partial charge is 0.551 e. The quantitative estimate of drug-likeness (QED) is 0.168. The molecule has 0 bridgehead atoms. The van der Waals surface area contributed by atoms with Crippen LogP contribution in [0, 0.1) is 0 Å². The summed E-state index contributed by atoms with van der Waals surface area (Å²) in [6.45, 7) is -0.343. The number of aromatic nitrogens is 1. The Morgan fingerprint density at radius 3 is 1.95 bits per heavy atom. The fourth-order valence-corrected chi connectivity index (χ4v) is 10.1. The summed E-state index contributed by atoms with van der Waals surface area (Å²) in [5.41, 5.74) is 15.2. The molecule has 2 aliphatic heterocycles. The molecule has 0 saturated carbocycles. The zero-order valence-electron chi connectivity index (χ0n) is 32.0. The molecule has 278 valence electrons. The van der Waals surface area contributed by atoms with Gasteiger partial charge >= 0.3 is 6.92 Å². The molecule has 0 radical (unpaired) electrons. The number of para-hydroxylation sites is 5. The van der Waals surface area contributed by atoms with E-state index in [1.165, 1.54) is 21.8 Å². The van der Waals surface area contributed by atoms with Gasteiger partial charge in [-0.3, -0.25) is 0 Å². The van der Waals surface area contributed by atoms with Crippen LogP contribution in [0.25, 0.3) is 105 Å². The zero-order valence-corrected chi connectivity index (χ0v) is 32.0. The highest BCUT2D eigenvalue weighted by molar-refractivity contribution is 6.84. The molecule has 5 nitrogen and oxygen atoms in total. The first kappa shape index (κ1) is 32.1. The Hall–Kier alpha value is -7.96. The van der Waals surface area contributed by atoms with Crippen molar-refractivity contribution in [3.8, 4) is 56.3 Å². The zero-order chi connectivity index (χ0) is 39.1. The van der Waals surface area contributed by atoms with Crippen molar-refractivity contribution >= 4 is 83.5 Å². The highest BCUT2D eigenvalue weighted by atomic mass is 16.5. The van der Waals surface area contributed by atoms with Gasteiger partial charge in [-0.1, -0.05) is 115 Å². The predicted molar refractivity (Wildman–Crippen MR) is 244 cm³/mol. The Morgan fingerprint density at radius 2 is 1.08 bits per heavy atom. The number of fused-ring (bicyclic) bond motifs is 14. The lowest BCUT2D eigenvalue weighted by atomic mass is 9.50. The number of benzene rings is 9. The minimum absolute atomic E-state index is 0.343. The van der Waals surface area contributed by atoms with Gasteiger partial charge in [0.05, 0.1) is 22.1 Å². The summed E-state index contributed by atoms with van der Waals surface area (Å²) in [5.74, 6) is 2.41. The molecule has 0 atom stereocenters. The molecule has 0 N–H and O–H groups in total. The van der Waals surface area contributed by atoms with Crippen LogP contribution in [0.1, 0.15) is 0 Å². The Morgan fingerprint density at radius 1 is 0.400 bits per heavy atom. The molecule has 60 heavy (non-hydrogen) atoms. The lowest BCUT2D eigenvalue weighted by Crippen LogP contribution is -2.53. The molecule has 0 saturated heterocycles. The monoisotopic (exact) mass is 767 g/mol. The van der Waals surface area contributed by atoms with Crippen LogP contribution in [0.3, 0.4) is 0 Å². The molecular formula is C54H30BNO4. The summed E-state index contributed by atoms with van der Waals surface area (Å²) in [5, 5.41) is 6.61. The van der Waals surface area contributed by atoms with E-state index < -0.39 is 0 Å². The maximum Gasteiger partial charge on any atom is 0.434 e. The van der Waals surface area contributed by atoms with Crippen molar-refractivity contribution in [1.29, 1.82) is 0 Å². The average molecular weight is 768 g/mol. The van der Waals surface area contributed by atoms with Crippen molar-refractivity contribution in [3.63, 3.8) is 0 Å². The van der Waals surface area contributed by atoms with Crippen molar-refractivity contribution < 1.29 is 18.2 Å². The van der Waals surface area contributed by atoms with E-state index in [4.69, 9.17) is 18.2 Å². The summed E-state index contributed by atoms with van der Waals surface area (Å²) >= 11 is 0. The fourth-order valence-electron chi connectivity index (χ4n) is 10.1. The van der Waals surface area contributed by atoms with E-state index in [1.54, 1.807) is 0 Å². The van der Waals surface area contributed by atoms with Crippen LogP contribution in [0.4, 0.5) is 0 Å². The second-order valence-corrected chi connectivity index (χ2v) is 15.9. The number of hydrogen-bond acceptors (Lipinski definition) is 4. The van der Waals surface area contributed by atoms with Gasteiger partial charge in [0.1, 0.15) is 39.6 Å². The van der Waals surface area contributed by atoms with E-state index in [0.29, 0.717) is 0 Å². The van der Waals surface area contributed by atoms with Crippen LogP contribution >= 0.6 is 0 Å². The Balaban J connectivity index is 0.970. The SMILES string of the molecule is c1ccc2c(c1)OB1c3ccc(-c4ccccc4-n4c5ccccc5c5ccccc54)cc3Oc3cc(-c4cccc5oc6ccc7c8ccccc8oc7c6c45)cc-2c31.